The van der Waals surface area contributed by atoms with Crippen LogP contribution in [0.4, 0.5) is 0 Å². The Morgan fingerprint density at radius 3 is 2.22 bits per heavy atom. The fourth-order valence-electron chi connectivity index (χ4n) is 3.60. The van der Waals surface area contributed by atoms with E-state index in [4.69, 9.17) is 29.1 Å². The van der Waals surface area contributed by atoms with Crippen molar-refractivity contribution >= 4 is 30.2 Å². The Hall–Kier alpha value is -1.59. The molecule has 7 nitrogen and oxygen atoms in total. The maximum absolute atomic E-state index is 12.9. The fraction of sp³-hybridized carbons (Fsp3) is 0.519. The molecule has 2 aromatic carbocycles. The molecule has 198 valence electrons. The summed E-state index contributed by atoms with van der Waals surface area (Å²) in [5, 5.41) is 0.375. The van der Waals surface area contributed by atoms with E-state index in [-0.39, 0.29) is 11.8 Å². The van der Waals surface area contributed by atoms with E-state index in [1.807, 2.05) is 36.4 Å². The van der Waals surface area contributed by atoms with Gasteiger partial charge in [0.05, 0.1) is 18.2 Å². The number of alkyl halides is 1. The fourth-order valence-corrected chi connectivity index (χ4v) is 5.27. The van der Waals surface area contributed by atoms with E-state index in [2.05, 4.69) is 49.8 Å². The summed E-state index contributed by atoms with van der Waals surface area (Å²) in [7, 11) is -2.21. The van der Waals surface area contributed by atoms with Gasteiger partial charge in [0.2, 0.25) is 0 Å². The molecule has 0 amide bonds. The molecule has 0 aromatic heterocycles. The van der Waals surface area contributed by atoms with Gasteiger partial charge < -0.3 is 29.1 Å². The summed E-state index contributed by atoms with van der Waals surface area (Å²) in [6, 6.07) is 18.0. The smallest absolute Gasteiger partial charge is 0.338 e. The quantitative estimate of drug-likeness (QED) is 0.135. The molecule has 3 rings (SSSR count). The van der Waals surface area contributed by atoms with E-state index in [9.17, 15) is 4.79 Å². The molecule has 0 saturated carbocycles. The van der Waals surface area contributed by atoms with Crippen molar-refractivity contribution in [2.24, 2.45) is 5.73 Å². The minimum atomic E-state index is -2.21. The number of carbonyl (C=O) groups excluding carboxylic acids is 1. The Bertz CT molecular complexity index is 956. The van der Waals surface area contributed by atoms with Gasteiger partial charge in [0, 0.05) is 5.33 Å². The van der Waals surface area contributed by atoms with Crippen molar-refractivity contribution in [3.63, 3.8) is 0 Å². The van der Waals surface area contributed by atoms with Crippen molar-refractivity contribution in [2.45, 2.75) is 76.2 Å². The summed E-state index contributed by atoms with van der Waals surface area (Å²) in [4.78, 5) is 12.9. The van der Waals surface area contributed by atoms with E-state index in [1.54, 1.807) is 24.3 Å². The average molecular weight is 581 g/mol. The highest BCUT2D eigenvalue weighted by Gasteiger charge is 2.50. The first kappa shape index (κ1) is 29.0. The number of halogens is 1. The average Bonchev–Trinajstić information content (AvgIpc) is 2.85. The van der Waals surface area contributed by atoms with Crippen molar-refractivity contribution < 1.29 is 28.2 Å². The van der Waals surface area contributed by atoms with Crippen LogP contribution in [0, 0.1) is 0 Å². The van der Waals surface area contributed by atoms with Crippen LogP contribution >= 0.6 is 15.9 Å². The van der Waals surface area contributed by atoms with Gasteiger partial charge in [-0.2, -0.15) is 0 Å². The van der Waals surface area contributed by atoms with Crippen LogP contribution in [0.3, 0.4) is 0 Å². The summed E-state index contributed by atoms with van der Waals surface area (Å²) >= 11 is 3.52. The zero-order chi connectivity index (χ0) is 26.3. The molecule has 1 saturated heterocycles. The molecule has 2 N–H and O–H groups in total. The maximum atomic E-state index is 12.9. The third kappa shape index (κ3) is 7.47. The molecule has 0 radical (unpaired) electrons. The number of nitrogens with two attached hydrogens (primary N) is 1. The Balaban J connectivity index is 1.78. The molecule has 2 aromatic rings. The zero-order valence-electron chi connectivity index (χ0n) is 21.7. The van der Waals surface area contributed by atoms with Crippen LogP contribution in [-0.2, 0) is 30.0 Å². The lowest BCUT2D eigenvalue weighted by Crippen LogP contribution is -2.66. The van der Waals surface area contributed by atoms with Crippen LogP contribution in [0.1, 0.15) is 36.7 Å². The van der Waals surface area contributed by atoms with Crippen LogP contribution in [0.2, 0.25) is 18.1 Å². The standard InChI is InChI=1S/C27H38BrNO6Si/c1-27(2,3)36(4,5)35-26-22(29)24(32-18-31-17-19-12-8-6-9-13-19)23(21(16-28)33-26)34-25(30)20-14-10-7-11-15-20/h6-15,21-24,26H,16-18,29H2,1-5H3/t21-,22-,23+,24-,26+/m1/s1. The second kappa shape index (κ2) is 12.8. The van der Waals surface area contributed by atoms with Crippen LogP contribution in [0.15, 0.2) is 60.7 Å². The first-order valence-corrected chi connectivity index (χ1v) is 16.2. The number of rotatable bonds is 10. The van der Waals surface area contributed by atoms with Gasteiger partial charge in [0.1, 0.15) is 19.0 Å². The van der Waals surface area contributed by atoms with Crippen LogP contribution in [-0.4, -0.2) is 57.1 Å². The predicted molar refractivity (Wildman–Crippen MR) is 145 cm³/mol. The van der Waals surface area contributed by atoms with Crippen LogP contribution in [0.25, 0.3) is 0 Å². The summed E-state index contributed by atoms with van der Waals surface area (Å²) in [5.74, 6) is -0.468. The lowest BCUT2D eigenvalue weighted by molar-refractivity contribution is -0.252. The summed E-state index contributed by atoms with van der Waals surface area (Å²) in [6.45, 7) is 11.1. The monoisotopic (exact) mass is 579 g/mol. The molecule has 0 unspecified atom stereocenters. The lowest BCUT2D eigenvalue weighted by atomic mass is 9.97. The normalized spacial score (nSPS) is 24.9. The van der Waals surface area contributed by atoms with E-state index < -0.39 is 44.9 Å². The highest BCUT2D eigenvalue weighted by Crippen LogP contribution is 2.39. The molecule has 5 atom stereocenters. The van der Waals surface area contributed by atoms with Gasteiger partial charge in [-0.1, -0.05) is 85.2 Å². The Morgan fingerprint density at radius 2 is 1.64 bits per heavy atom. The summed E-state index contributed by atoms with van der Waals surface area (Å²) in [5.41, 5.74) is 8.15. The molecule has 1 heterocycles. The SMILES string of the molecule is CC(C)(C)[Si](C)(C)O[C@@H]1O[C@H](CBr)[C@H](OC(=O)c2ccccc2)[C@H](OCOCc2ccccc2)[C@H]1N. The summed E-state index contributed by atoms with van der Waals surface area (Å²) < 4.78 is 30.6. The second-order valence-corrected chi connectivity index (χ2v) is 15.9. The van der Waals surface area contributed by atoms with Crippen molar-refractivity contribution in [3.8, 4) is 0 Å². The van der Waals surface area contributed by atoms with Gasteiger partial charge in [-0.15, -0.1) is 0 Å². The third-order valence-electron chi connectivity index (χ3n) is 6.77. The molecular weight excluding hydrogens is 542 g/mol. The topological polar surface area (TPSA) is 89.2 Å². The first-order chi connectivity index (χ1) is 17.0. The molecular formula is C27H38BrNO6Si. The molecule has 1 fully saturated rings. The molecule has 1 aliphatic heterocycles. The van der Waals surface area contributed by atoms with Crippen LogP contribution in [0.5, 0.6) is 0 Å². The van der Waals surface area contributed by atoms with Crippen molar-refractivity contribution in [2.75, 3.05) is 12.1 Å². The largest absolute Gasteiger partial charge is 0.453 e. The van der Waals surface area contributed by atoms with Gasteiger partial charge in [-0.25, -0.2) is 4.79 Å². The molecule has 9 heteroatoms. The van der Waals surface area contributed by atoms with Gasteiger partial charge >= 0.3 is 5.97 Å². The number of ether oxygens (including phenoxy) is 4. The van der Waals surface area contributed by atoms with E-state index >= 15 is 0 Å². The van der Waals surface area contributed by atoms with E-state index in [0.29, 0.717) is 17.5 Å². The van der Waals surface area contributed by atoms with Gasteiger partial charge in [0.25, 0.3) is 0 Å². The minimum Gasteiger partial charge on any atom is -0.453 e. The highest BCUT2D eigenvalue weighted by molar-refractivity contribution is 9.09. The van der Waals surface area contributed by atoms with Crippen molar-refractivity contribution in [1.82, 2.24) is 0 Å². The molecule has 0 bridgehead atoms. The minimum absolute atomic E-state index is 0.0194. The second-order valence-electron chi connectivity index (χ2n) is 10.5. The molecule has 0 spiro atoms. The molecule has 36 heavy (non-hydrogen) atoms. The summed E-state index contributed by atoms with van der Waals surface area (Å²) in [6.07, 6.45) is -2.68. The lowest BCUT2D eigenvalue weighted by Gasteiger charge is -2.47. The number of benzene rings is 2. The molecule has 0 aliphatic carbocycles. The third-order valence-corrected chi connectivity index (χ3v) is 11.8. The Morgan fingerprint density at radius 1 is 1.03 bits per heavy atom. The molecule has 1 aliphatic rings. The Labute approximate surface area is 223 Å². The van der Waals surface area contributed by atoms with Crippen LogP contribution < -0.4 is 5.73 Å². The Kier molecular flexibility index (Phi) is 10.3. The number of esters is 1. The zero-order valence-corrected chi connectivity index (χ0v) is 24.3. The number of carbonyl (C=O) groups is 1. The number of hydrogen-bond acceptors (Lipinski definition) is 7. The number of hydrogen-bond donors (Lipinski definition) is 1. The van der Waals surface area contributed by atoms with Crippen molar-refractivity contribution in [1.29, 1.82) is 0 Å². The highest BCUT2D eigenvalue weighted by atomic mass is 79.9. The van der Waals surface area contributed by atoms with E-state index in [0.717, 1.165) is 5.56 Å². The maximum Gasteiger partial charge on any atom is 0.338 e. The van der Waals surface area contributed by atoms with Gasteiger partial charge in [-0.05, 0) is 35.8 Å². The first-order valence-electron chi connectivity index (χ1n) is 12.2. The van der Waals surface area contributed by atoms with Crippen molar-refractivity contribution in [3.05, 3.63) is 71.8 Å². The van der Waals surface area contributed by atoms with E-state index in [1.165, 1.54) is 0 Å². The van der Waals surface area contributed by atoms with Gasteiger partial charge in [-0.3, -0.25) is 0 Å². The predicted octanol–water partition coefficient (Wildman–Crippen LogP) is 5.24. The van der Waals surface area contributed by atoms with Gasteiger partial charge in [0.15, 0.2) is 20.7 Å².